The van der Waals surface area contributed by atoms with Crippen molar-refractivity contribution in [3.8, 4) is 17.2 Å². The normalized spacial score (nSPS) is 13.5. The molecule has 1 fully saturated rings. The van der Waals surface area contributed by atoms with Gasteiger partial charge in [-0.15, -0.1) is 11.3 Å². The van der Waals surface area contributed by atoms with E-state index >= 15 is 0 Å². The number of carbonyl (C=O) groups excluding carboxylic acids is 1. The smallest absolute Gasteiger partial charge is 0.266 e. The summed E-state index contributed by atoms with van der Waals surface area (Å²) >= 11 is 1.38. The van der Waals surface area contributed by atoms with Crippen LogP contribution in [-0.4, -0.2) is 63.4 Å². The van der Waals surface area contributed by atoms with Gasteiger partial charge in [-0.2, -0.15) is 0 Å². The molecular weight excluding hydrogens is 490 g/mol. The second-order valence-electron chi connectivity index (χ2n) is 8.60. The van der Waals surface area contributed by atoms with E-state index < -0.39 is 0 Å². The number of methoxy groups -OCH3 is 3. The zero-order valence-electron chi connectivity index (χ0n) is 21.3. The number of nitrogens with one attached hydrogen (secondary N) is 1. The van der Waals surface area contributed by atoms with Crippen LogP contribution >= 0.6 is 11.3 Å². The van der Waals surface area contributed by atoms with E-state index in [1.807, 2.05) is 25.1 Å². The number of aromatic nitrogens is 2. The summed E-state index contributed by atoms with van der Waals surface area (Å²) in [4.78, 5) is 28.4. The van der Waals surface area contributed by atoms with Gasteiger partial charge in [0.1, 0.15) is 22.7 Å². The molecule has 1 N–H and O–H groups in total. The van der Waals surface area contributed by atoms with Crippen LogP contribution in [0.5, 0.6) is 17.2 Å². The lowest BCUT2D eigenvalue weighted by Crippen LogP contribution is -2.47. The third-order valence-corrected chi connectivity index (χ3v) is 7.76. The zero-order chi connectivity index (χ0) is 25.9. The number of thiophene rings is 1. The maximum atomic E-state index is 13.3. The Balaban J connectivity index is 1.37. The molecule has 0 bridgehead atoms. The maximum absolute atomic E-state index is 13.3. The number of anilines is 3. The summed E-state index contributed by atoms with van der Waals surface area (Å²) in [6, 6.07) is 13.4. The van der Waals surface area contributed by atoms with Crippen molar-refractivity contribution in [2.45, 2.75) is 6.92 Å². The number of benzene rings is 2. The van der Waals surface area contributed by atoms with Crippen molar-refractivity contribution in [3.63, 3.8) is 0 Å². The topological polar surface area (TPSA) is 89.0 Å². The number of rotatable bonds is 7. The number of aryl methyl sites for hydroxylation is 1. The lowest BCUT2D eigenvalue weighted by molar-refractivity contribution is 0.103. The number of hydrogen-bond donors (Lipinski definition) is 1. The summed E-state index contributed by atoms with van der Waals surface area (Å²) in [7, 11) is 4.84. The predicted molar refractivity (Wildman–Crippen MR) is 147 cm³/mol. The molecule has 1 aliphatic heterocycles. The van der Waals surface area contributed by atoms with Crippen molar-refractivity contribution in [2.75, 3.05) is 62.6 Å². The van der Waals surface area contributed by atoms with Crippen molar-refractivity contribution in [3.05, 3.63) is 59.2 Å². The van der Waals surface area contributed by atoms with Crippen LogP contribution in [0.15, 0.2) is 48.8 Å². The number of fused-ring (bicyclic) bond motifs is 1. The minimum atomic E-state index is -0.195. The van der Waals surface area contributed by atoms with E-state index in [0.29, 0.717) is 22.1 Å². The Morgan fingerprint density at radius 1 is 0.892 bits per heavy atom. The molecule has 0 unspecified atom stereocenters. The van der Waals surface area contributed by atoms with Crippen LogP contribution in [0.25, 0.3) is 10.2 Å². The van der Waals surface area contributed by atoms with Crippen molar-refractivity contribution in [1.82, 2.24) is 9.97 Å². The lowest BCUT2D eigenvalue weighted by atomic mass is 10.1. The first-order valence-electron chi connectivity index (χ1n) is 11.9. The standard InChI is InChI=1S/C27H29N5O4S/c1-17-23-25(32-13-11-31(12-14-32)19-7-5-6-8-20(19)34-2)28-16-29-27(23)37-24(17)26(33)30-18-9-10-21(35-3)22(15-18)36-4/h5-10,15-16H,11-14H2,1-4H3,(H,30,33). The molecule has 0 radical (unpaired) electrons. The highest BCUT2D eigenvalue weighted by Gasteiger charge is 2.25. The van der Waals surface area contributed by atoms with Gasteiger partial charge in [0.15, 0.2) is 11.5 Å². The number of para-hydroxylation sites is 2. The molecule has 4 aromatic rings. The van der Waals surface area contributed by atoms with Crippen molar-refractivity contribution in [1.29, 1.82) is 0 Å². The molecule has 3 heterocycles. The van der Waals surface area contributed by atoms with Gasteiger partial charge < -0.3 is 29.3 Å². The Labute approximate surface area is 219 Å². The first kappa shape index (κ1) is 24.6. The van der Waals surface area contributed by atoms with E-state index in [2.05, 4.69) is 31.2 Å². The third-order valence-electron chi connectivity index (χ3n) is 6.56. The van der Waals surface area contributed by atoms with Crippen LogP contribution in [0.3, 0.4) is 0 Å². The van der Waals surface area contributed by atoms with Crippen LogP contribution in [-0.2, 0) is 0 Å². The highest BCUT2D eigenvalue weighted by atomic mass is 32.1. The Hall–Kier alpha value is -4.05. The van der Waals surface area contributed by atoms with Crippen LogP contribution < -0.4 is 29.3 Å². The van der Waals surface area contributed by atoms with Crippen molar-refractivity contribution >= 4 is 44.7 Å². The fourth-order valence-electron chi connectivity index (χ4n) is 4.66. The van der Waals surface area contributed by atoms with E-state index in [9.17, 15) is 4.79 Å². The molecule has 2 aromatic carbocycles. The molecule has 0 saturated carbocycles. The average Bonchev–Trinajstić information content (AvgIpc) is 3.29. The molecule has 192 valence electrons. The second kappa shape index (κ2) is 10.5. The third kappa shape index (κ3) is 4.72. The zero-order valence-corrected chi connectivity index (χ0v) is 22.1. The molecular formula is C27H29N5O4S. The molecule has 9 nitrogen and oxygen atoms in total. The predicted octanol–water partition coefficient (Wildman–Crippen LogP) is 4.60. The van der Waals surface area contributed by atoms with Crippen LogP contribution in [0, 0.1) is 6.92 Å². The maximum Gasteiger partial charge on any atom is 0.266 e. The molecule has 37 heavy (non-hydrogen) atoms. The molecule has 1 amide bonds. The minimum Gasteiger partial charge on any atom is -0.495 e. The highest BCUT2D eigenvalue weighted by molar-refractivity contribution is 7.20. The molecule has 1 aliphatic rings. The van der Waals surface area contributed by atoms with Gasteiger partial charge in [0.2, 0.25) is 0 Å². The number of ether oxygens (including phenoxy) is 3. The van der Waals surface area contributed by atoms with Crippen molar-refractivity contribution < 1.29 is 19.0 Å². The Kier molecular flexibility index (Phi) is 7.00. The first-order valence-corrected chi connectivity index (χ1v) is 12.8. The van der Waals surface area contributed by atoms with Gasteiger partial charge in [0.05, 0.1) is 37.3 Å². The average molecular weight is 520 g/mol. The molecule has 0 spiro atoms. The molecule has 0 aliphatic carbocycles. The van der Waals surface area contributed by atoms with E-state index in [1.54, 1.807) is 45.9 Å². The number of amides is 1. The molecule has 1 saturated heterocycles. The SMILES string of the molecule is COc1ccc(NC(=O)c2sc3ncnc(N4CCN(c5ccccc5OC)CC4)c3c2C)cc1OC. The summed E-state index contributed by atoms with van der Waals surface area (Å²) in [5, 5.41) is 3.90. The van der Waals surface area contributed by atoms with Crippen molar-refractivity contribution in [2.24, 2.45) is 0 Å². The summed E-state index contributed by atoms with van der Waals surface area (Å²) in [5.74, 6) is 2.69. The molecule has 0 atom stereocenters. The van der Waals surface area contributed by atoms with Gasteiger partial charge in [-0.25, -0.2) is 9.97 Å². The summed E-state index contributed by atoms with van der Waals surface area (Å²) < 4.78 is 16.2. The van der Waals surface area contributed by atoms with E-state index in [4.69, 9.17) is 14.2 Å². The van der Waals surface area contributed by atoms with Gasteiger partial charge in [-0.05, 0) is 36.8 Å². The largest absolute Gasteiger partial charge is 0.495 e. The fraction of sp³-hybridized carbons (Fsp3) is 0.296. The van der Waals surface area contributed by atoms with Crippen LogP contribution in [0.1, 0.15) is 15.2 Å². The number of hydrogen-bond acceptors (Lipinski definition) is 9. The minimum absolute atomic E-state index is 0.195. The molecule has 5 rings (SSSR count). The Morgan fingerprint density at radius 3 is 2.32 bits per heavy atom. The van der Waals surface area contributed by atoms with Gasteiger partial charge in [-0.1, -0.05) is 12.1 Å². The van der Waals surface area contributed by atoms with Gasteiger partial charge in [0.25, 0.3) is 5.91 Å². The summed E-state index contributed by atoms with van der Waals surface area (Å²) in [6.07, 6.45) is 1.58. The quantitative estimate of drug-likeness (QED) is 0.379. The number of piperazine rings is 1. The monoisotopic (exact) mass is 519 g/mol. The van der Waals surface area contributed by atoms with Crippen LogP contribution in [0.2, 0.25) is 0 Å². The highest BCUT2D eigenvalue weighted by Crippen LogP contribution is 2.37. The van der Waals surface area contributed by atoms with E-state index in [1.165, 1.54) is 11.3 Å². The van der Waals surface area contributed by atoms with E-state index in [-0.39, 0.29) is 5.91 Å². The lowest BCUT2D eigenvalue weighted by Gasteiger charge is -2.37. The van der Waals surface area contributed by atoms with E-state index in [0.717, 1.165) is 59.2 Å². The number of carbonyl (C=O) groups is 1. The van der Waals surface area contributed by atoms with Crippen LogP contribution in [0.4, 0.5) is 17.2 Å². The summed E-state index contributed by atoms with van der Waals surface area (Å²) in [5.41, 5.74) is 2.59. The second-order valence-corrected chi connectivity index (χ2v) is 9.60. The van der Waals surface area contributed by atoms with Gasteiger partial charge in [0, 0.05) is 37.9 Å². The first-order chi connectivity index (χ1) is 18.0. The fourth-order valence-corrected chi connectivity index (χ4v) is 5.70. The number of nitrogens with zero attached hydrogens (tertiary/aromatic N) is 4. The van der Waals surface area contributed by atoms with Gasteiger partial charge in [-0.3, -0.25) is 4.79 Å². The molecule has 10 heteroatoms. The summed E-state index contributed by atoms with van der Waals surface area (Å²) in [6.45, 7) is 5.23. The Morgan fingerprint density at radius 2 is 1.59 bits per heavy atom. The molecule has 2 aromatic heterocycles. The van der Waals surface area contributed by atoms with Gasteiger partial charge >= 0.3 is 0 Å². The Bertz CT molecular complexity index is 1430.